The third-order valence-corrected chi connectivity index (χ3v) is 2.32. The Labute approximate surface area is 88.5 Å². The number of hydrogen-bond acceptors (Lipinski definition) is 3. The average molecular weight is 254 g/mol. The fourth-order valence-corrected chi connectivity index (χ4v) is 1.47. The molecule has 0 saturated heterocycles. The quantitative estimate of drug-likeness (QED) is 0.339. The van der Waals surface area contributed by atoms with Gasteiger partial charge in [0.2, 0.25) is 0 Å². The minimum absolute atomic E-state index is 0.227. The SMILES string of the molecule is NN=C(N)c1cn2ccc(Br)cc2n1. The summed E-state index contributed by atoms with van der Waals surface area (Å²) in [5.74, 6) is 5.29. The Morgan fingerprint density at radius 1 is 1.57 bits per heavy atom. The van der Waals surface area contributed by atoms with Gasteiger partial charge in [-0.2, -0.15) is 5.10 Å². The summed E-state index contributed by atoms with van der Waals surface area (Å²) in [6.45, 7) is 0. The zero-order valence-electron chi connectivity index (χ0n) is 7.18. The molecule has 0 fully saturated rings. The zero-order valence-corrected chi connectivity index (χ0v) is 8.77. The van der Waals surface area contributed by atoms with Crippen LogP contribution in [0.3, 0.4) is 0 Å². The Morgan fingerprint density at radius 2 is 2.36 bits per heavy atom. The first-order chi connectivity index (χ1) is 6.70. The third-order valence-electron chi connectivity index (χ3n) is 1.82. The molecule has 5 nitrogen and oxygen atoms in total. The van der Waals surface area contributed by atoms with Crippen LogP contribution in [0.25, 0.3) is 5.65 Å². The summed E-state index contributed by atoms with van der Waals surface area (Å²) in [5, 5.41) is 3.38. The average Bonchev–Trinajstić information content (AvgIpc) is 2.59. The molecule has 6 heteroatoms. The van der Waals surface area contributed by atoms with Gasteiger partial charge in [0.25, 0.3) is 0 Å². The van der Waals surface area contributed by atoms with Gasteiger partial charge in [-0.15, -0.1) is 0 Å². The molecule has 72 valence electrons. The molecule has 0 unspecified atom stereocenters. The molecule has 0 aromatic carbocycles. The molecule has 2 aromatic heterocycles. The Bertz CT molecular complexity index is 501. The highest BCUT2D eigenvalue weighted by Gasteiger charge is 2.04. The second-order valence-corrected chi connectivity index (χ2v) is 3.67. The molecule has 0 aliphatic heterocycles. The first kappa shape index (κ1) is 9.01. The highest BCUT2D eigenvalue weighted by Crippen LogP contribution is 2.12. The van der Waals surface area contributed by atoms with Crippen LogP contribution in [0.5, 0.6) is 0 Å². The van der Waals surface area contributed by atoms with Gasteiger partial charge in [-0.1, -0.05) is 15.9 Å². The molecule has 0 atom stereocenters. The maximum absolute atomic E-state index is 5.53. The van der Waals surface area contributed by atoms with Gasteiger partial charge in [0.15, 0.2) is 5.84 Å². The van der Waals surface area contributed by atoms with Crippen molar-refractivity contribution in [1.82, 2.24) is 9.38 Å². The monoisotopic (exact) mass is 253 g/mol. The minimum Gasteiger partial charge on any atom is -0.380 e. The molecule has 0 saturated carbocycles. The summed E-state index contributed by atoms with van der Waals surface area (Å²) in [6, 6.07) is 3.79. The van der Waals surface area contributed by atoms with Crippen molar-refractivity contribution in [2.24, 2.45) is 16.7 Å². The van der Waals surface area contributed by atoms with Crippen molar-refractivity contribution in [3.8, 4) is 0 Å². The first-order valence-corrected chi connectivity index (χ1v) is 4.68. The van der Waals surface area contributed by atoms with Gasteiger partial charge in [-0.25, -0.2) is 4.98 Å². The number of halogens is 1. The van der Waals surface area contributed by atoms with E-state index in [1.54, 1.807) is 6.20 Å². The van der Waals surface area contributed by atoms with E-state index in [1.165, 1.54) is 0 Å². The maximum Gasteiger partial charge on any atom is 0.170 e. The van der Waals surface area contributed by atoms with Crippen LogP contribution in [-0.4, -0.2) is 15.2 Å². The van der Waals surface area contributed by atoms with Crippen LogP contribution in [-0.2, 0) is 0 Å². The van der Waals surface area contributed by atoms with Gasteiger partial charge in [-0.3, -0.25) is 0 Å². The minimum atomic E-state index is 0.227. The second-order valence-electron chi connectivity index (χ2n) is 2.75. The largest absolute Gasteiger partial charge is 0.380 e. The number of hydrogen-bond donors (Lipinski definition) is 2. The van der Waals surface area contributed by atoms with Gasteiger partial charge in [0.1, 0.15) is 11.3 Å². The van der Waals surface area contributed by atoms with Crippen LogP contribution >= 0.6 is 15.9 Å². The standard InChI is InChI=1S/C8H8BrN5/c9-5-1-2-14-4-6(8(10)13-11)12-7(14)3-5/h1-4H,11H2,(H2,10,13). The van der Waals surface area contributed by atoms with E-state index in [2.05, 4.69) is 26.0 Å². The van der Waals surface area contributed by atoms with Crippen molar-refractivity contribution in [2.75, 3.05) is 0 Å². The van der Waals surface area contributed by atoms with Crippen molar-refractivity contribution in [3.05, 3.63) is 34.7 Å². The van der Waals surface area contributed by atoms with E-state index in [4.69, 9.17) is 11.6 Å². The molecule has 0 spiro atoms. The summed E-state index contributed by atoms with van der Waals surface area (Å²) in [4.78, 5) is 4.24. The summed E-state index contributed by atoms with van der Waals surface area (Å²) in [7, 11) is 0. The molecule has 2 rings (SSSR count). The molecule has 14 heavy (non-hydrogen) atoms. The van der Waals surface area contributed by atoms with Crippen LogP contribution in [0.1, 0.15) is 5.69 Å². The number of nitrogens with zero attached hydrogens (tertiary/aromatic N) is 3. The predicted octanol–water partition coefficient (Wildman–Crippen LogP) is 0.676. The second kappa shape index (κ2) is 3.30. The number of pyridine rings is 1. The van der Waals surface area contributed by atoms with Gasteiger partial charge in [0, 0.05) is 16.9 Å². The van der Waals surface area contributed by atoms with E-state index >= 15 is 0 Å². The summed E-state index contributed by atoms with van der Waals surface area (Å²) < 4.78 is 2.81. The number of hydrazone groups is 1. The van der Waals surface area contributed by atoms with Gasteiger partial charge in [0.05, 0.1) is 0 Å². The Morgan fingerprint density at radius 3 is 3.07 bits per heavy atom. The normalized spacial score (nSPS) is 12.2. The number of nitrogens with two attached hydrogens (primary N) is 2. The maximum atomic E-state index is 5.53. The van der Waals surface area contributed by atoms with Gasteiger partial charge < -0.3 is 16.0 Å². The van der Waals surface area contributed by atoms with Crippen molar-refractivity contribution in [1.29, 1.82) is 0 Å². The number of amidine groups is 1. The first-order valence-electron chi connectivity index (χ1n) is 3.88. The lowest BCUT2D eigenvalue weighted by Gasteiger charge is -1.91. The van der Waals surface area contributed by atoms with Gasteiger partial charge in [-0.05, 0) is 12.1 Å². The Hall–Kier alpha value is -1.56. The molecule has 2 heterocycles. The van der Waals surface area contributed by atoms with Crippen LogP contribution in [0.2, 0.25) is 0 Å². The molecule has 0 radical (unpaired) electrons. The van der Waals surface area contributed by atoms with Crippen LogP contribution in [0, 0.1) is 0 Å². The van der Waals surface area contributed by atoms with Gasteiger partial charge >= 0.3 is 0 Å². The molecule has 2 aromatic rings. The molecular weight excluding hydrogens is 246 g/mol. The zero-order chi connectivity index (χ0) is 10.1. The molecule has 0 amide bonds. The number of fused-ring (bicyclic) bond motifs is 1. The van der Waals surface area contributed by atoms with Crippen LogP contribution in [0.4, 0.5) is 0 Å². The van der Waals surface area contributed by atoms with Crippen LogP contribution in [0.15, 0.2) is 34.1 Å². The lowest BCUT2D eigenvalue weighted by Crippen LogP contribution is -2.15. The third kappa shape index (κ3) is 1.44. The fraction of sp³-hybridized carbons (Fsp3) is 0. The smallest absolute Gasteiger partial charge is 0.170 e. The molecule has 4 N–H and O–H groups in total. The summed E-state index contributed by atoms with van der Waals surface area (Å²) in [6.07, 6.45) is 3.65. The van der Waals surface area contributed by atoms with Crippen molar-refractivity contribution in [2.45, 2.75) is 0 Å². The topological polar surface area (TPSA) is 81.7 Å². The Balaban J connectivity index is 2.62. The molecular formula is C8H8BrN5. The molecule has 0 aliphatic carbocycles. The number of aromatic nitrogens is 2. The van der Waals surface area contributed by atoms with Crippen molar-refractivity contribution < 1.29 is 0 Å². The van der Waals surface area contributed by atoms with E-state index in [9.17, 15) is 0 Å². The van der Waals surface area contributed by atoms with Crippen LogP contribution < -0.4 is 11.6 Å². The fourth-order valence-electron chi connectivity index (χ4n) is 1.15. The molecule has 0 bridgehead atoms. The highest BCUT2D eigenvalue weighted by molar-refractivity contribution is 9.10. The Kier molecular flexibility index (Phi) is 2.12. The highest BCUT2D eigenvalue weighted by atomic mass is 79.9. The molecule has 0 aliphatic rings. The van der Waals surface area contributed by atoms with E-state index in [0.717, 1.165) is 10.1 Å². The summed E-state index contributed by atoms with van der Waals surface area (Å²) in [5.41, 5.74) is 6.90. The number of rotatable bonds is 1. The van der Waals surface area contributed by atoms with E-state index < -0.39 is 0 Å². The lowest BCUT2D eigenvalue weighted by molar-refractivity contribution is 1.18. The van der Waals surface area contributed by atoms with E-state index in [1.807, 2.05) is 22.7 Å². The lowest BCUT2D eigenvalue weighted by atomic mass is 10.4. The predicted molar refractivity (Wildman–Crippen MR) is 57.8 cm³/mol. The van der Waals surface area contributed by atoms with Crippen molar-refractivity contribution >= 4 is 27.4 Å². The summed E-state index contributed by atoms with van der Waals surface area (Å²) >= 11 is 3.36. The van der Waals surface area contributed by atoms with Crippen molar-refractivity contribution in [3.63, 3.8) is 0 Å². The van der Waals surface area contributed by atoms with E-state index in [-0.39, 0.29) is 5.84 Å². The van der Waals surface area contributed by atoms with E-state index in [0.29, 0.717) is 5.69 Å². The number of imidazole rings is 1.